The number of rotatable bonds is 7. The minimum atomic E-state index is -0.580. The molecule has 0 aliphatic carbocycles. The maximum absolute atomic E-state index is 13.0. The Hall–Kier alpha value is -3.10. The molecule has 2 aliphatic rings. The molecule has 1 aromatic rings. The van der Waals surface area contributed by atoms with E-state index in [1.807, 2.05) is 35.2 Å². The summed E-state index contributed by atoms with van der Waals surface area (Å²) in [7, 11) is 0. The van der Waals surface area contributed by atoms with Crippen LogP contribution in [0.3, 0.4) is 0 Å². The van der Waals surface area contributed by atoms with Crippen LogP contribution in [0.4, 0.5) is 4.79 Å². The Morgan fingerprint density at radius 1 is 1.09 bits per heavy atom. The van der Waals surface area contributed by atoms with E-state index < -0.39 is 11.7 Å². The minimum Gasteiger partial charge on any atom is -0.444 e. The van der Waals surface area contributed by atoms with E-state index in [2.05, 4.69) is 10.6 Å². The highest BCUT2D eigenvalue weighted by Crippen LogP contribution is 2.24. The van der Waals surface area contributed by atoms with Crippen molar-refractivity contribution in [2.75, 3.05) is 26.2 Å². The van der Waals surface area contributed by atoms with Gasteiger partial charge < -0.3 is 25.2 Å². The van der Waals surface area contributed by atoms with Gasteiger partial charge in [0.1, 0.15) is 5.60 Å². The van der Waals surface area contributed by atoms with E-state index in [-0.39, 0.29) is 49.1 Å². The highest BCUT2D eigenvalue weighted by atomic mass is 16.6. The normalized spacial score (nSPS) is 19.1. The lowest BCUT2D eigenvalue weighted by Gasteiger charge is -2.33. The van der Waals surface area contributed by atoms with Crippen molar-refractivity contribution in [1.82, 2.24) is 20.4 Å². The first-order valence-corrected chi connectivity index (χ1v) is 12.0. The summed E-state index contributed by atoms with van der Waals surface area (Å²) in [5.74, 6) is -0.403. The van der Waals surface area contributed by atoms with Crippen LogP contribution in [-0.2, 0) is 25.7 Å². The molecule has 2 aliphatic heterocycles. The van der Waals surface area contributed by atoms with Gasteiger partial charge in [0.25, 0.3) is 0 Å². The number of ether oxygens (including phenoxy) is 1. The number of nitrogens with one attached hydrogen (secondary N) is 2. The quantitative estimate of drug-likeness (QED) is 0.632. The summed E-state index contributed by atoms with van der Waals surface area (Å²) in [4.78, 5) is 52.8. The summed E-state index contributed by atoms with van der Waals surface area (Å²) in [6.45, 7) is 7.64. The Morgan fingerprint density at radius 2 is 1.76 bits per heavy atom. The molecule has 34 heavy (non-hydrogen) atoms. The zero-order chi connectivity index (χ0) is 24.7. The molecule has 2 saturated heterocycles. The van der Waals surface area contributed by atoms with E-state index in [0.717, 1.165) is 5.56 Å². The van der Waals surface area contributed by atoms with Gasteiger partial charge in [-0.05, 0) is 39.2 Å². The minimum absolute atomic E-state index is 0.00198. The Balaban J connectivity index is 1.36. The van der Waals surface area contributed by atoms with Crippen molar-refractivity contribution in [2.45, 2.75) is 64.6 Å². The second-order valence-electron chi connectivity index (χ2n) is 10.0. The zero-order valence-electron chi connectivity index (χ0n) is 20.3. The van der Waals surface area contributed by atoms with Gasteiger partial charge in [0.05, 0.1) is 5.92 Å². The monoisotopic (exact) mass is 472 g/mol. The first-order valence-electron chi connectivity index (χ1n) is 12.0. The summed E-state index contributed by atoms with van der Waals surface area (Å²) in [5.41, 5.74) is 0.478. The number of likely N-dealkylation sites (tertiary alicyclic amines) is 2. The lowest BCUT2D eigenvalue weighted by molar-refractivity contribution is -0.137. The van der Waals surface area contributed by atoms with Crippen LogP contribution in [0.15, 0.2) is 30.3 Å². The van der Waals surface area contributed by atoms with Crippen LogP contribution in [0.25, 0.3) is 0 Å². The lowest BCUT2D eigenvalue weighted by atomic mass is 10.0. The van der Waals surface area contributed by atoms with Gasteiger partial charge in [-0.25, -0.2) is 4.79 Å². The van der Waals surface area contributed by atoms with Gasteiger partial charge >= 0.3 is 6.09 Å². The smallest absolute Gasteiger partial charge is 0.407 e. The number of alkyl carbamates (subject to hydrolysis) is 1. The van der Waals surface area contributed by atoms with Gasteiger partial charge in [-0.15, -0.1) is 0 Å². The highest BCUT2D eigenvalue weighted by molar-refractivity contribution is 5.89. The molecule has 0 radical (unpaired) electrons. The average Bonchev–Trinajstić information content (AvgIpc) is 3.13. The van der Waals surface area contributed by atoms with E-state index in [4.69, 9.17) is 4.74 Å². The molecule has 0 spiro atoms. The van der Waals surface area contributed by atoms with Crippen LogP contribution in [0.2, 0.25) is 0 Å². The van der Waals surface area contributed by atoms with Crippen molar-refractivity contribution in [2.24, 2.45) is 5.92 Å². The summed E-state index contributed by atoms with van der Waals surface area (Å²) in [6.07, 6.45) is 1.23. The zero-order valence-corrected chi connectivity index (χ0v) is 20.3. The number of carbonyl (C=O) groups excluding carboxylic acids is 4. The van der Waals surface area contributed by atoms with E-state index in [9.17, 15) is 19.2 Å². The number of hydrogen-bond donors (Lipinski definition) is 2. The largest absolute Gasteiger partial charge is 0.444 e. The van der Waals surface area contributed by atoms with Crippen molar-refractivity contribution >= 4 is 23.8 Å². The van der Waals surface area contributed by atoms with Crippen molar-refractivity contribution in [3.05, 3.63) is 35.9 Å². The van der Waals surface area contributed by atoms with Gasteiger partial charge in [-0.1, -0.05) is 30.3 Å². The van der Waals surface area contributed by atoms with Crippen molar-refractivity contribution < 1.29 is 23.9 Å². The van der Waals surface area contributed by atoms with E-state index in [1.54, 1.807) is 25.7 Å². The third kappa shape index (κ3) is 7.74. The second-order valence-corrected chi connectivity index (χ2v) is 10.0. The third-order valence-corrected chi connectivity index (χ3v) is 5.97. The van der Waals surface area contributed by atoms with Gasteiger partial charge in [0, 0.05) is 51.6 Å². The maximum Gasteiger partial charge on any atom is 0.407 e. The lowest BCUT2D eigenvalue weighted by Crippen LogP contribution is -2.48. The van der Waals surface area contributed by atoms with Crippen LogP contribution < -0.4 is 10.6 Å². The topological polar surface area (TPSA) is 108 Å². The first-order chi connectivity index (χ1) is 16.1. The fraction of sp³-hybridized carbons (Fsp3) is 0.600. The maximum atomic E-state index is 13.0. The molecular formula is C25H36N4O5. The molecule has 1 unspecified atom stereocenters. The van der Waals surface area contributed by atoms with Crippen LogP contribution in [0.1, 0.15) is 52.0 Å². The molecule has 2 N–H and O–H groups in total. The Kier molecular flexibility index (Phi) is 8.52. The molecule has 0 bridgehead atoms. The second kappa shape index (κ2) is 11.4. The van der Waals surface area contributed by atoms with Crippen LogP contribution in [-0.4, -0.2) is 71.4 Å². The SMILES string of the molecule is CC(C)(C)OC(=O)NCCC(=O)NC1CCN(C(=O)C2CC(=O)N(Cc3ccccc3)C2)CC1. The van der Waals surface area contributed by atoms with Crippen LogP contribution in [0, 0.1) is 5.92 Å². The summed E-state index contributed by atoms with van der Waals surface area (Å²) >= 11 is 0. The number of nitrogens with zero attached hydrogens (tertiary/aromatic N) is 2. The number of benzene rings is 1. The molecule has 9 heteroatoms. The predicted octanol–water partition coefficient (Wildman–Crippen LogP) is 2.06. The number of piperidine rings is 1. The van der Waals surface area contributed by atoms with Gasteiger partial charge in [-0.2, -0.15) is 0 Å². The van der Waals surface area contributed by atoms with E-state index >= 15 is 0 Å². The first kappa shape index (κ1) is 25.5. The number of carbonyl (C=O) groups is 4. The summed E-state index contributed by atoms with van der Waals surface area (Å²) < 4.78 is 5.15. The molecule has 186 valence electrons. The molecule has 3 rings (SSSR count). The van der Waals surface area contributed by atoms with Crippen molar-refractivity contribution in [3.8, 4) is 0 Å². The molecule has 9 nitrogen and oxygen atoms in total. The van der Waals surface area contributed by atoms with Crippen molar-refractivity contribution in [3.63, 3.8) is 0 Å². The van der Waals surface area contributed by atoms with Crippen LogP contribution in [0.5, 0.6) is 0 Å². The van der Waals surface area contributed by atoms with Crippen LogP contribution >= 0.6 is 0 Å². The third-order valence-electron chi connectivity index (χ3n) is 5.97. The van der Waals surface area contributed by atoms with Gasteiger partial charge in [0.2, 0.25) is 17.7 Å². The molecule has 0 saturated carbocycles. The van der Waals surface area contributed by atoms with Gasteiger partial charge in [-0.3, -0.25) is 14.4 Å². The fourth-order valence-corrected chi connectivity index (χ4v) is 4.29. The predicted molar refractivity (Wildman–Crippen MR) is 127 cm³/mol. The molecule has 2 fully saturated rings. The molecular weight excluding hydrogens is 436 g/mol. The molecule has 2 heterocycles. The standard InChI is InChI=1S/C25H36N4O5/c1-25(2,3)34-24(33)26-12-9-21(30)27-20-10-13-28(14-11-20)23(32)19-15-22(31)29(17-19)16-18-7-5-4-6-8-18/h4-8,19-20H,9-17H2,1-3H3,(H,26,33)(H,27,30). The van der Waals surface area contributed by atoms with Gasteiger partial charge in [0.15, 0.2) is 0 Å². The number of amides is 4. The average molecular weight is 473 g/mol. The molecule has 1 aromatic carbocycles. The van der Waals surface area contributed by atoms with E-state index in [1.165, 1.54) is 0 Å². The fourth-order valence-electron chi connectivity index (χ4n) is 4.29. The highest BCUT2D eigenvalue weighted by Gasteiger charge is 2.37. The number of hydrogen-bond acceptors (Lipinski definition) is 5. The van der Waals surface area contributed by atoms with E-state index in [0.29, 0.717) is 39.0 Å². The Bertz CT molecular complexity index is 875. The summed E-state index contributed by atoms with van der Waals surface area (Å²) in [6, 6.07) is 9.79. The Morgan fingerprint density at radius 3 is 2.41 bits per heavy atom. The molecule has 1 atom stereocenters. The molecule has 4 amide bonds. The van der Waals surface area contributed by atoms with Crippen molar-refractivity contribution in [1.29, 1.82) is 0 Å². The summed E-state index contributed by atoms with van der Waals surface area (Å²) in [5, 5.41) is 5.56. The molecule has 0 aromatic heterocycles. The Labute approximate surface area is 201 Å².